The zero-order valence-corrected chi connectivity index (χ0v) is 23.9. The number of pyridine rings is 1. The Hall–Kier alpha value is -4.70. The lowest BCUT2D eigenvalue weighted by Crippen LogP contribution is -2.29. The van der Waals surface area contributed by atoms with Crippen LogP contribution in [0.4, 0.5) is 5.13 Å². The molecular formula is C31H28N4O5S. The number of Topliss-reactive ketones (excluding diaryl/α,β-unsaturated/α-hetero) is 1. The predicted octanol–water partition coefficient (Wildman–Crippen LogP) is 5.98. The third-order valence-corrected chi connectivity index (χ3v) is 8.01. The van der Waals surface area contributed by atoms with Gasteiger partial charge in [-0.15, -0.1) is 0 Å². The molecule has 1 unspecified atom stereocenters. The molecule has 1 aliphatic heterocycles. The number of anilines is 1. The number of carbonyl (C=O) groups excluding carboxylic acids is 2. The van der Waals surface area contributed by atoms with Gasteiger partial charge in [0.25, 0.3) is 5.78 Å². The number of amides is 1. The number of rotatable bonds is 7. The first-order valence-electron chi connectivity index (χ1n) is 13.3. The Balaban J connectivity index is 1.61. The molecule has 4 heterocycles. The maximum absolute atomic E-state index is 13.8. The Kier molecular flexibility index (Phi) is 6.70. The van der Waals surface area contributed by atoms with E-state index in [0.717, 1.165) is 15.8 Å². The van der Waals surface area contributed by atoms with Crippen LogP contribution in [0.1, 0.15) is 42.4 Å². The van der Waals surface area contributed by atoms with Crippen molar-refractivity contribution in [1.29, 1.82) is 0 Å². The van der Waals surface area contributed by atoms with Crippen LogP contribution in [-0.4, -0.2) is 44.4 Å². The Morgan fingerprint density at radius 3 is 2.54 bits per heavy atom. The normalized spacial score (nSPS) is 16.7. The van der Waals surface area contributed by atoms with Crippen LogP contribution >= 0.6 is 11.3 Å². The first kappa shape index (κ1) is 26.5. The topological polar surface area (TPSA) is 106 Å². The molecule has 1 N–H and O–H groups in total. The molecule has 0 aliphatic carbocycles. The SMILES string of the molecule is CCOc1ccc(C2C(=C(O)c3c(C)nc4ccccn34)C(=O)C(=O)N2c2nc3ccc(C)cc3s2)cc1OCC. The Morgan fingerprint density at radius 1 is 0.976 bits per heavy atom. The molecule has 1 atom stereocenters. The minimum Gasteiger partial charge on any atom is -0.505 e. The number of carbonyl (C=O) groups is 2. The minimum absolute atomic E-state index is 0.0502. The average Bonchev–Trinajstić information content (AvgIpc) is 3.60. The number of ketones is 1. The van der Waals surface area contributed by atoms with Crippen molar-refractivity contribution in [3.8, 4) is 11.5 Å². The van der Waals surface area contributed by atoms with E-state index in [-0.39, 0.29) is 11.3 Å². The van der Waals surface area contributed by atoms with E-state index in [9.17, 15) is 14.7 Å². The standard InChI is InChI=1S/C31H28N4O5S/c1-5-39-21-13-11-19(16-22(21)40-6-2)27-25(28(36)26-18(4)32-24-9-7-8-14-34(24)26)29(37)30(38)35(27)31-33-20-12-10-17(3)15-23(20)41-31/h7-16,27,36H,5-6H2,1-4H3. The van der Waals surface area contributed by atoms with Crippen LogP contribution in [-0.2, 0) is 9.59 Å². The van der Waals surface area contributed by atoms with Gasteiger partial charge in [0.1, 0.15) is 11.3 Å². The summed E-state index contributed by atoms with van der Waals surface area (Å²) in [5.74, 6) is -0.868. The molecule has 208 valence electrons. The van der Waals surface area contributed by atoms with Crippen LogP contribution in [0, 0.1) is 13.8 Å². The third kappa shape index (κ3) is 4.40. The molecule has 0 bridgehead atoms. The summed E-state index contributed by atoms with van der Waals surface area (Å²) in [5.41, 5.74) is 3.78. The van der Waals surface area contributed by atoms with Gasteiger partial charge < -0.3 is 14.6 Å². The quantitative estimate of drug-likeness (QED) is 0.146. The van der Waals surface area contributed by atoms with Crippen LogP contribution in [0.5, 0.6) is 11.5 Å². The second-order valence-electron chi connectivity index (χ2n) is 9.68. The third-order valence-electron chi connectivity index (χ3n) is 6.99. The van der Waals surface area contributed by atoms with Crippen LogP contribution in [0.15, 0.2) is 66.4 Å². The number of aryl methyl sites for hydroxylation is 2. The number of hydrogen-bond donors (Lipinski definition) is 1. The largest absolute Gasteiger partial charge is 0.505 e. The summed E-state index contributed by atoms with van der Waals surface area (Å²) in [5, 5.41) is 12.2. The summed E-state index contributed by atoms with van der Waals surface area (Å²) in [6.45, 7) is 8.32. The summed E-state index contributed by atoms with van der Waals surface area (Å²) in [6, 6.07) is 15.6. The van der Waals surface area contributed by atoms with Crippen molar-refractivity contribution in [1.82, 2.24) is 14.4 Å². The first-order valence-corrected chi connectivity index (χ1v) is 14.2. The first-order chi connectivity index (χ1) is 19.8. The van der Waals surface area contributed by atoms with Crippen molar-refractivity contribution in [3.05, 3.63) is 88.9 Å². The Labute approximate surface area is 240 Å². The van der Waals surface area contributed by atoms with Gasteiger partial charge in [0, 0.05) is 6.20 Å². The van der Waals surface area contributed by atoms with E-state index in [4.69, 9.17) is 14.5 Å². The molecule has 0 saturated carbocycles. The van der Waals surface area contributed by atoms with E-state index in [1.54, 1.807) is 35.7 Å². The van der Waals surface area contributed by atoms with E-state index < -0.39 is 17.7 Å². The van der Waals surface area contributed by atoms with Crippen molar-refractivity contribution in [3.63, 3.8) is 0 Å². The fraction of sp³-hybridized carbons (Fsp3) is 0.226. The molecule has 0 spiro atoms. The number of ether oxygens (including phenoxy) is 2. The van der Waals surface area contributed by atoms with E-state index in [1.807, 2.05) is 57.2 Å². The van der Waals surface area contributed by atoms with Gasteiger partial charge in [-0.3, -0.25) is 18.9 Å². The molecule has 1 aliphatic rings. The zero-order valence-electron chi connectivity index (χ0n) is 23.0. The highest BCUT2D eigenvalue weighted by atomic mass is 32.1. The summed E-state index contributed by atoms with van der Waals surface area (Å²) in [7, 11) is 0. The fourth-order valence-corrected chi connectivity index (χ4v) is 6.32. The number of hydrogen-bond acceptors (Lipinski definition) is 8. The highest BCUT2D eigenvalue weighted by Crippen LogP contribution is 2.46. The number of nitrogens with zero attached hydrogens (tertiary/aromatic N) is 4. The summed E-state index contributed by atoms with van der Waals surface area (Å²) in [6.07, 6.45) is 1.76. The molecule has 0 radical (unpaired) electrons. The summed E-state index contributed by atoms with van der Waals surface area (Å²) in [4.78, 5) is 38.2. The van der Waals surface area contributed by atoms with Crippen LogP contribution in [0.2, 0.25) is 0 Å². The van der Waals surface area contributed by atoms with Crippen molar-refractivity contribution in [2.75, 3.05) is 18.1 Å². The molecule has 10 heteroatoms. The lowest BCUT2D eigenvalue weighted by molar-refractivity contribution is -0.132. The van der Waals surface area contributed by atoms with E-state index in [2.05, 4.69) is 4.98 Å². The van der Waals surface area contributed by atoms with Gasteiger partial charge in [-0.2, -0.15) is 0 Å². The number of aliphatic hydroxyl groups is 1. The lowest BCUT2D eigenvalue weighted by atomic mass is 9.96. The smallest absolute Gasteiger partial charge is 0.301 e. The number of thiazole rings is 1. The van der Waals surface area contributed by atoms with Gasteiger partial charge >= 0.3 is 5.91 Å². The highest BCUT2D eigenvalue weighted by molar-refractivity contribution is 7.22. The molecule has 1 saturated heterocycles. The Morgan fingerprint density at radius 2 is 1.76 bits per heavy atom. The summed E-state index contributed by atoms with van der Waals surface area (Å²) >= 11 is 1.32. The average molecular weight is 569 g/mol. The van der Waals surface area contributed by atoms with Gasteiger partial charge in [-0.1, -0.05) is 29.5 Å². The molecular weight excluding hydrogens is 540 g/mol. The van der Waals surface area contributed by atoms with Gasteiger partial charge in [0.15, 0.2) is 22.4 Å². The number of imidazole rings is 1. The maximum atomic E-state index is 13.8. The molecule has 1 fully saturated rings. The van der Waals surface area contributed by atoms with E-state index in [0.29, 0.717) is 52.4 Å². The van der Waals surface area contributed by atoms with Gasteiger partial charge in [0.2, 0.25) is 0 Å². The molecule has 2 aromatic carbocycles. The van der Waals surface area contributed by atoms with Crippen LogP contribution in [0.25, 0.3) is 21.6 Å². The number of fused-ring (bicyclic) bond motifs is 2. The monoisotopic (exact) mass is 568 g/mol. The van der Waals surface area contributed by atoms with E-state index >= 15 is 0 Å². The van der Waals surface area contributed by atoms with Crippen molar-refractivity contribution in [2.45, 2.75) is 33.7 Å². The number of benzene rings is 2. The lowest BCUT2D eigenvalue weighted by Gasteiger charge is -2.24. The summed E-state index contributed by atoms with van der Waals surface area (Å²) < 4.78 is 14.2. The molecule has 41 heavy (non-hydrogen) atoms. The fourth-order valence-electron chi connectivity index (χ4n) is 5.23. The predicted molar refractivity (Wildman–Crippen MR) is 158 cm³/mol. The van der Waals surface area contributed by atoms with Gasteiger partial charge in [0.05, 0.1) is 40.7 Å². The number of aliphatic hydroxyl groups excluding tert-OH is 1. The second-order valence-corrected chi connectivity index (χ2v) is 10.7. The Bertz CT molecular complexity index is 1870. The minimum atomic E-state index is -0.972. The van der Waals surface area contributed by atoms with Crippen molar-refractivity contribution >= 4 is 49.8 Å². The van der Waals surface area contributed by atoms with Crippen molar-refractivity contribution in [2.24, 2.45) is 0 Å². The zero-order chi connectivity index (χ0) is 28.8. The molecule has 6 rings (SSSR count). The molecule has 3 aromatic heterocycles. The molecule has 9 nitrogen and oxygen atoms in total. The van der Waals surface area contributed by atoms with Crippen molar-refractivity contribution < 1.29 is 24.2 Å². The van der Waals surface area contributed by atoms with Crippen LogP contribution < -0.4 is 14.4 Å². The maximum Gasteiger partial charge on any atom is 0.301 e. The number of aromatic nitrogens is 3. The highest BCUT2D eigenvalue weighted by Gasteiger charge is 2.49. The van der Waals surface area contributed by atoms with Gasteiger partial charge in [-0.05, 0) is 75.2 Å². The second kappa shape index (κ2) is 10.4. The van der Waals surface area contributed by atoms with E-state index in [1.165, 1.54) is 16.2 Å². The van der Waals surface area contributed by atoms with Gasteiger partial charge in [-0.25, -0.2) is 9.97 Å². The van der Waals surface area contributed by atoms with Crippen LogP contribution in [0.3, 0.4) is 0 Å². The molecule has 5 aromatic rings. The molecule has 1 amide bonds.